The molecule has 2 atom stereocenters. The molecule has 1 aromatic carbocycles. The van der Waals surface area contributed by atoms with E-state index >= 15 is 0 Å². The van der Waals surface area contributed by atoms with Crippen molar-refractivity contribution in [1.82, 2.24) is 10.6 Å². The van der Waals surface area contributed by atoms with Gasteiger partial charge in [0.05, 0.1) is 0 Å². The molecule has 0 radical (unpaired) electrons. The third-order valence-electron chi connectivity index (χ3n) is 3.67. The van der Waals surface area contributed by atoms with Gasteiger partial charge in [-0.2, -0.15) is 0 Å². The lowest BCUT2D eigenvalue weighted by atomic mass is 10.0. The third kappa shape index (κ3) is 7.86. The van der Waals surface area contributed by atoms with E-state index in [-0.39, 0.29) is 5.92 Å². The smallest absolute Gasteiger partial charge is 0.319 e. The summed E-state index contributed by atoms with van der Waals surface area (Å²) >= 11 is 3.33. The summed E-state index contributed by atoms with van der Waals surface area (Å²) in [6, 6.07) is 5.10. The Kier molecular flexibility index (Phi) is 9.12. The Morgan fingerprint density at radius 1 is 1.08 bits per heavy atom. The zero-order chi connectivity index (χ0) is 19.7. The molecule has 1 rings (SSSR count). The predicted octanol–water partition coefficient (Wildman–Crippen LogP) is 2.76. The zero-order valence-electron chi connectivity index (χ0n) is 15.3. The number of urea groups is 1. The maximum Gasteiger partial charge on any atom is 0.319 e. The highest BCUT2D eigenvalue weighted by Gasteiger charge is 2.26. The summed E-state index contributed by atoms with van der Waals surface area (Å²) in [5.74, 6) is -0.818. The molecule has 1 aromatic rings. The van der Waals surface area contributed by atoms with Crippen LogP contribution in [0, 0.1) is 5.92 Å². The number of hydrogen-bond donors (Lipinski definition) is 4. The molecule has 0 fully saturated rings. The van der Waals surface area contributed by atoms with Gasteiger partial charge < -0.3 is 21.7 Å². The van der Waals surface area contributed by atoms with Crippen LogP contribution in [0.1, 0.15) is 40.0 Å². The van der Waals surface area contributed by atoms with Gasteiger partial charge in [-0.1, -0.05) is 43.1 Å². The Bertz CT molecular complexity index is 619. The molecule has 0 saturated carbocycles. The molecule has 0 aliphatic rings. The lowest BCUT2D eigenvalue weighted by Crippen LogP contribution is -2.53. The minimum Gasteiger partial charge on any atom is -0.368 e. The summed E-state index contributed by atoms with van der Waals surface area (Å²) < 4.78 is 0.897. The fraction of sp³-hybridized carbons (Fsp3) is 0.500. The van der Waals surface area contributed by atoms with Crippen molar-refractivity contribution in [3.8, 4) is 0 Å². The number of rotatable bonds is 9. The van der Waals surface area contributed by atoms with Gasteiger partial charge >= 0.3 is 6.03 Å². The molecule has 4 amide bonds. The van der Waals surface area contributed by atoms with Crippen molar-refractivity contribution >= 4 is 39.5 Å². The van der Waals surface area contributed by atoms with Crippen LogP contribution in [-0.2, 0) is 9.59 Å². The Hall–Kier alpha value is -2.09. The molecule has 0 spiro atoms. The van der Waals surface area contributed by atoms with Crippen molar-refractivity contribution in [3.05, 3.63) is 28.7 Å². The number of primary amides is 1. The van der Waals surface area contributed by atoms with E-state index in [4.69, 9.17) is 5.73 Å². The van der Waals surface area contributed by atoms with E-state index in [2.05, 4.69) is 31.9 Å². The number of carbonyl (C=O) groups excluding carboxylic acids is 3. The van der Waals surface area contributed by atoms with Gasteiger partial charge in [-0.3, -0.25) is 9.59 Å². The van der Waals surface area contributed by atoms with Crippen LogP contribution in [0.2, 0.25) is 0 Å². The van der Waals surface area contributed by atoms with Crippen LogP contribution >= 0.6 is 15.9 Å². The minimum absolute atomic E-state index is 0.178. The molecule has 0 bridgehead atoms. The lowest BCUT2D eigenvalue weighted by Gasteiger charge is -2.23. The molecule has 5 N–H and O–H groups in total. The molecule has 7 nitrogen and oxygen atoms in total. The molecule has 8 heteroatoms. The van der Waals surface area contributed by atoms with Crippen molar-refractivity contribution in [2.24, 2.45) is 11.7 Å². The first-order chi connectivity index (χ1) is 12.2. The summed E-state index contributed by atoms with van der Waals surface area (Å²) in [6.07, 6.45) is 1.61. The normalized spacial score (nSPS) is 13.0. The fourth-order valence-corrected chi connectivity index (χ4v) is 2.67. The molecule has 144 valence electrons. The Morgan fingerprint density at radius 3 is 2.19 bits per heavy atom. The van der Waals surface area contributed by atoms with Gasteiger partial charge in [0, 0.05) is 10.2 Å². The summed E-state index contributed by atoms with van der Waals surface area (Å²) in [5, 5.41) is 8.00. The van der Waals surface area contributed by atoms with Crippen molar-refractivity contribution in [2.45, 2.75) is 52.1 Å². The van der Waals surface area contributed by atoms with Crippen LogP contribution in [0.25, 0.3) is 0 Å². The maximum absolute atomic E-state index is 12.5. The van der Waals surface area contributed by atoms with Crippen molar-refractivity contribution in [1.29, 1.82) is 0 Å². The summed E-state index contributed by atoms with van der Waals surface area (Å²) in [4.78, 5) is 36.2. The molecule has 0 saturated heterocycles. The van der Waals surface area contributed by atoms with E-state index in [0.29, 0.717) is 24.9 Å². The quantitative estimate of drug-likeness (QED) is 0.486. The van der Waals surface area contributed by atoms with Gasteiger partial charge in [0.1, 0.15) is 12.1 Å². The third-order valence-corrected chi connectivity index (χ3v) is 4.20. The van der Waals surface area contributed by atoms with Gasteiger partial charge in [-0.25, -0.2) is 4.79 Å². The number of benzene rings is 1. The standard InChI is InChI=1S/C18H27BrN4O3/c1-4-5-14(16(20)24)22-17(25)15(10-11(2)3)23-18(26)21-13-8-6-12(19)7-9-13/h6-9,11,14-15H,4-5,10H2,1-3H3,(H2,20,24)(H,22,25)(H2,21,23,26). The van der Waals surface area contributed by atoms with Crippen LogP contribution in [0.4, 0.5) is 10.5 Å². The van der Waals surface area contributed by atoms with Crippen LogP contribution in [0.3, 0.4) is 0 Å². The highest BCUT2D eigenvalue weighted by Crippen LogP contribution is 2.14. The van der Waals surface area contributed by atoms with Gasteiger partial charge in [0.2, 0.25) is 11.8 Å². The Labute approximate surface area is 162 Å². The van der Waals surface area contributed by atoms with Crippen LogP contribution in [0.5, 0.6) is 0 Å². The minimum atomic E-state index is -0.760. The first kappa shape index (κ1) is 22.0. The number of amides is 4. The molecule has 0 aliphatic heterocycles. The second-order valence-electron chi connectivity index (χ2n) is 6.54. The molecule has 0 heterocycles. The lowest BCUT2D eigenvalue weighted by molar-refractivity contribution is -0.128. The summed E-state index contributed by atoms with van der Waals surface area (Å²) in [5.41, 5.74) is 5.94. The Morgan fingerprint density at radius 2 is 1.69 bits per heavy atom. The summed E-state index contributed by atoms with van der Waals surface area (Å²) in [7, 11) is 0. The highest BCUT2D eigenvalue weighted by atomic mass is 79.9. The first-order valence-electron chi connectivity index (χ1n) is 8.65. The molecule has 2 unspecified atom stereocenters. The number of nitrogens with two attached hydrogens (primary N) is 1. The maximum atomic E-state index is 12.5. The van der Waals surface area contributed by atoms with Crippen molar-refractivity contribution in [3.63, 3.8) is 0 Å². The second kappa shape index (κ2) is 10.8. The van der Waals surface area contributed by atoms with Crippen LogP contribution in [-0.4, -0.2) is 29.9 Å². The molecule has 0 aromatic heterocycles. The van der Waals surface area contributed by atoms with Gasteiger partial charge in [-0.05, 0) is 43.0 Å². The Balaban J connectivity index is 2.75. The molecular formula is C18H27BrN4O3. The van der Waals surface area contributed by atoms with Gasteiger partial charge in [-0.15, -0.1) is 0 Å². The van der Waals surface area contributed by atoms with Crippen molar-refractivity contribution < 1.29 is 14.4 Å². The van der Waals surface area contributed by atoms with Crippen molar-refractivity contribution in [2.75, 3.05) is 5.32 Å². The average molecular weight is 427 g/mol. The van der Waals surface area contributed by atoms with E-state index < -0.39 is 29.9 Å². The van der Waals surface area contributed by atoms with E-state index in [0.717, 1.165) is 4.47 Å². The van der Waals surface area contributed by atoms with Gasteiger partial charge in [0.15, 0.2) is 0 Å². The van der Waals surface area contributed by atoms with Crippen LogP contribution < -0.4 is 21.7 Å². The largest absolute Gasteiger partial charge is 0.368 e. The number of hydrogen-bond acceptors (Lipinski definition) is 3. The van der Waals surface area contributed by atoms with E-state index in [1.54, 1.807) is 24.3 Å². The monoisotopic (exact) mass is 426 g/mol. The number of anilines is 1. The topological polar surface area (TPSA) is 113 Å². The second-order valence-corrected chi connectivity index (χ2v) is 7.46. The number of halogens is 1. The number of nitrogens with one attached hydrogen (secondary N) is 3. The molecular weight excluding hydrogens is 400 g/mol. The molecule has 0 aliphatic carbocycles. The average Bonchev–Trinajstić information content (AvgIpc) is 2.55. The summed E-state index contributed by atoms with van der Waals surface area (Å²) in [6.45, 7) is 5.80. The predicted molar refractivity (Wildman–Crippen MR) is 106 cm³/mol. The first-order valence-corrected chi connectivity index (χ1v) is 9.45. The highest BCUT2D eigenvalue weighted by molar-refractivity contribution is 9.10. The van der Waals surface area contributed by atoms with Gasteiger partial charge in [0.25, 0.3) is 0 Å². The van der Waals surface area contributed by atoms with Crippen LogP contribution in [0.15, 0.2) is 28.7 Å². The SMILES string of the molecule is CCCC(NC(=O)C(CC(C)C)NC(=O)Nc1ccc(Br)cc1)C(N)=O. The zero-order valence-corrected chi connectivity index (χ0v) is 16.9. The number of carbonyl (C=O) groups is 3. The molecule has 26 heavy (non-hydrogen) atoms. The fourth-order valence-electron chi connectivity index (χ4n) is 2.41. The van der Waals surface area contributed by atoms with E-state index in [9.17, 15) is 14.4 Å². The van der Waals surface area contributed by atoms with E-state index in [1.165, 1.54) is 0 Å². The van der Waals surface area contributed by atoms with E-state index in [1.807, 2.05) is 20.8 Å².